The number of aryl methyl sites for hydroxylation is 1. The SMILES string of the molecule is CCc1ccccc1NC(=O)CCNC(=O)c1ccc(Cl)cc1. The molecule has 23 heavy (non-hydrogen) atoms. The van der Waals surface area contributed by atoms with Crippen LogP contribution in [-0.4, -0.2) is 18.4 Å². The Morgan fingerprint density at radius 1 is 1.04 bits per heavy atom. The molecule has 0 radical (unpaired) electrons. The fourth-order valence-electron chi connectivity index (χ4n) is 2.16. The maximum atomic E-state index is 12.0. The van der Waals surface area contributed by atoms with Gasteiger partial charge in [0.1, 0.15) is 0 Å². The van der Waals surface area contributed by atoms with Gasteiger partial charge in [-0.05, 0) is 42.3 Å². The molecule has 0 saturated carbocycles. The predicted octanol–water partition coefficient (Wildman–Crippen LogP) is 3.66. The first kappa shape index (κ1) is 17.0. The number of carbonyl (C=O) groups excluding carboxylic acids is 2. The Balaban J connectivity index is 1.80. The third kappa shape index (κ3) is 5.11. The molecule has 0 aromatic heterocycles. The van der Waals surface area contributed by atoms with Gasteiger partial charge in [0.15, 0.2) is 0 Å². The molecule has 2 amide bonds. The van der Waals surface area contributed by atoms with Crippen molar-refractivity contribution in [2.75, 3.05) is 11.9 Å². The highest BCUT2D eigenvalue weighted by molar-refractivity contribution is 6.30. The average molecular weight is 331 g/mol. The maximum absolute atomic E-state index is 12.0. The van der Waals surface area contributed by atoms with E-state index in [0.717, 1.165) is 17.7 Å². The number of hydrogen-bond acceptors (Lipinski definition) is 2. The molecular formula is C18H19ClN2O2. The van der Waals surface area contributed by atoms with Gasteiger partial charge in [0.25, 0.3) is 5.91 Å². The molecule has 0 saturated heterocycles. The largest absolute Gasteiger partial charge is 0.352 e. The molecule has 0 atom stereocenters. The molecule has 0 bridgehead atoms. The Kier molecular flexibility index (Phi) is 6.18. The van der Waals surface area contributed by atoms with Crippen molar-refractivity contribution in [3.05, 3.63) is 64.7 Å². The number of anilines is 1. The molecule has 2 N–H and O–H groups in total. The van der Waals surface area contributed by atoms with Crippen LogP contribution in [0.3, 0.4) is 0 Å². The summed E-state index contributed by atoms with van der Waals surface area (Å²) in [6, 6.07) is 14.3. The van der Waals surface area contributed by atoms with Gasteiger partial charge in [-0.1, -0.05) is 36.7 Å². The summed E-state index contributed by atoms with van der Waals surface area (Å²) >= 11 is 5.78. The van der Waals surface area contributed by atoms with Crippen molar-refractivity contribution >= 4 is 29.1 Å². The quantitative estimate of drug-likeness (QED) is 0.849. The summed E-state index contributed by atoms with van der Waals surface area (Å²) in [7, 11) is 0. The zero-order chi connectivity index (χ0) is 16.7. The number of hydrogen-bond donors (Lipinski definition) is 2. The molecule has 4 nitrogen and oxygen atoms in total. The Morgan fingerprint density at radius 3 is 2.43 bits per heavy atom. The lowest BCUT2D eigenvalue weighted by molar-refractivity contribution is -0.116. The van der Waals surface area contributed by atoms with Crippen molar-refractivity contribution in [1.29, 1.82) is 0 Å². The van der Waals surface area contributed by atoms with E-state index >= 15 is 0 Å². The molecule has 0 aliphatic carbocycles. The van der Waals surface area contributed by atoms with Crippen LogP contribution in [0.1, 0.15) is 29.3 Å². The first-order valence-corrected chi connectivity index (χ1v) is 7.89. The first-order valence-electron chi connectivity index (χ1n) is 7.51. The lowest BCUT2D eigenvalue weighted by Crippen LogP contribution is -2.27. The van der Waals surface area contributed by atoms with E-state index in [1.807, 2.05) is 31.2 Å². The smallest absolute Gasteiger partial charge is 0.251 e. The van der Waals surface area contributed by atoms with Crippen molar-refractivity contribution in [3.63, 3.8) is 0 Å². The second-order valence-corrected chi connectivity index (χ2v) is 5.51. The molecule has 0 aliphatic heterocycles. The normalized spacial score (nSPS) is 10.2. The standard InChI is InChI=1S/C18H19ClN2O2/c1-2-13-5-3-4-6-16(13)21-17(22)11-12-20-18(23)14-7-9-15(19)10-8-14/h3-10H,2,11-12H2,1H3,(H,20,23)(H,21,22). The maximum Gasteiger partial charge on any atom is 0.251 e. The van der Waals surface area contributed by atoms with Crippen LogP contribution in [0.4, 0.5) is 5.69 Å². The first-order chi connectivity index (χ1) is 11.1. The zero-order valence-electron chi connectivity index (χ0n) is 12.9. The summed E-state index contributed by atoms with van der Waals surface area (Å²) in [5.41, 5.74) is 2.43. The number of halogens is 1. The van der Waals surface area contributed by atoms with Gasteiger partial charge in [-0.15, -0.1) is 0 Å². The van der Waals surface area contributed by atoms with Crippen molar-refractivity contribution in [2.45, 2.75) is 19.8 Å². The molecule has 0 spiro atoms. The third-order valence-electron chi connectivity index (χ3n) is 3.42. The molecular weight excluding hydrogens is 312 g/mol. The lowest BCUT2D eigenvalue weighted by Gasteiger charge is -2.10. The number of nitrogens with one attached hydrogen (secondary N) is 2. The van der Waals surface area contributed by atoms with Gasteiger partial charge in [-0.2, -0.15) is 0 Å². The van der Waals surface area contributed by atoms with Crippen molar-refractivity contribution in [2.24, 2.45) is 0 Å². The van der Waals surface area contributed by atoms with E-state index < -0.39 is 0 Å². The van der Waals surface area contributed by atoms with E-state index in [0.29, 0.717) is 10.6 Å². The van der Waals surface area contributed by atoms with E-state index in [-0.39, 0.29) is 24.8 Å². The summed E-state index contributed by atoms with van der Waals surface area (Å²) in [4.78, 5) is 23.9. The van der Waals surface area contributed by atoms with E-state index in [1.165, 1.54) is 0 Å². The van der Waals surface area contributed by atoms with Gasteiger partial charge >= 0.3 is 0 Å². The van der Waals surface area contributed by atoms with Crippen LogP contribution in [0, 0.1) is 0 Å². The minimum absolute atomic E-state index is 0.123. The van der Waals surface area contributed by atoms with Gasteiger partial charge in [-0.3, -0.25) is 9.59 Å². The van der Waals surface area contributed by atoms with Crippen LogP contribution in [0.2, 0.25) is 5.02 Å². The van der Waals surface area contributed by atoms with Crippen LogP contribution >= 0.6 is 11.6 Å². The Morgan fingerprint density at radius 2 is 1.74 bits per heavy atom. The van der Waals surface area contributed by atoms with Crippen LogP contribution < -0.4 is 10.6 Å². The van der Waals surface area contributed by atoms with E-state index in [2.05, 4.69) is 10.6 Å². The molecule has 120 valence electrons. The van der Waals surface area contributed by atoms with Crippen LogP contribution in [0.5, 0.6) is 0 Å². The highest BCUT2D eigenvalue weighted by Gasteiger charge is 2.08. The van der Waals surface area contributed by atoms with Crippen LogP contribution in [0.15, 0.2) is 48.5 Å². The van der Waals surface area contributed by atoms with E-state index in [4.69, 9.17) is 11.6 Å². The molecule has 0 aliphatic rings. The molecule has 5 heteroatoms. The van der Waals surface area contributed by atoms with Crippen molar-refractivity contribution in [3.8, 4) is 0 Å². The minimum atomic E-state index is -0.219. The number of carbonyl (C=O) groups is 2. The highest BCUT2D eigenvalue weighted by atomic mass is 35.5. The van der Waals surface area contributed by atoms with E-state index in [9.17, 15) is 9.59 Å². The van der Waals surface area contributed by atoms with Crippen molar-refractivity contribution in [1.82, 2.24) is 5.32 Å². The second-order valence-electron chi connectivity index (χ2n) is 5.07. The Hall–Kier alpha value is -2.33. The highest BCUT2D eigenvalue weighted by Crippen LogP contribution is 2.15. The van der Waals surface area contributed by atoms with Crippen LogP contribution in [0.25, 0.3) is 0 Å². The summed E-state index contributed by atoms with van der Waals surface area (Å²) in [5, 5.41) is 6.17. The molecule has 0 fully saturated rings. The lowest BCUT2D eigenvalue weighted by atomic mass is 10.1. The third-order valence-corrected chi connectivity index (χ3v) is 3.67. The molecule has 0 unspecified atom stereocenters. The number of amides is 2. The zero-order valence-corrected chi connectivity index (χ0v) is 13.7. The number of benzene rings is 2. The summed E-state index contributed by atoms with van der Waals surface area (Å²) in [5.74, 6) is -0.342. The second kappa shape index (κ2) is 8.34. The van der Waals surface area contributed by atoms with Crippen molar-refractivity contribution < 1.29 is 9.59 Å². The molecule has 2 aromatic rings. The fraction of sp³-hybridized carbons (Fsp3) is 0.222. The molecule has 2 rings (SSSR count). The van der Waals surface area contributed by atoms with Crippen LogP contribution in [-0.2, 0) is 11.2 Å². The summed E-state index contributed by atoms with van der Waals surface area (Å²) in [6.45, 7) is 2.32. The number of rotatable bonds is 6. The average Bonchev–Trinajstić information content (AvgIpc) is 2.56. The minimum Gasteiger partial charge on any atom is -0.352 e. The summed E-state index contributed by atoms with van der Waals surface area (Å²) < 4.78 is 0. The Bertz CT molecular complexity index is 684. The van der Waals surface area contributed by atoms with Gasteiger partial charge < -0.3 is 10.6 Å². The topological polar surface area (TPSA) is 58.2 Å². The fourth-order valence-corrected chi connectivity index (χ4v) is 2.28. The predicted molar refractivity (Wildman–Crippen MR) is 92.9 cm³/mol. The van der Waals surface area contributed by atoms with E-state index in [1.54, 1.807) is 24.3 Å². The molecule has 0 heterocycles. The number of para-hydroxylation sites is 1. The van der Waals surface area contributed by atoms with Gasteiger partial charge in [0.05, 0.1) is 0 Å². The molecule has 2 aromatic carbocycles. The van der Waals surface area contributed by atoms with Gasteiger partial charge in [-0.25, -0.2) is 0 Å². The Labute approximate surface area is 140 Å². The summed E-state index contributed by atoms with van der Waals surface area (Å²) in [6.07, 6.45) is 1.07. The van der Waals surface area contributed by atoms with Gasteiger partial charge in [0.2, 0.25) is 5.91 Å². The van der Waals surface area contributed by atoms with Gasteiger partial charge in [0, 0.05) is 29.2 Å². The monoisotopic (exact) mass is 330 g/mol.